The smallest absolute Gasteiger partial charge is 0.341 e. The van der Waals surface area contributed by atoms with Crippen LogP contribution in [-0.4, -0.2) is 30.6 Å². The van der Waals surface area contributed by atoms with Gasteiger partial charge >= 0.3 is 5.97 Å². The zero-order valence-electron chi connectivity index (χ0n) is 16.7. The summed E-state index contributed by atoms with van der Waals surface area (Å²) in [4.78, 5) is 52.5. The number of carbonyl (C=O) groups is 4. The molecule has 2 bridgehead atoms. The average molecular weight is 404 g/mol. The summed E-state index contributed by atoms with van der Waals surface area (Å²) in [6, 6.07) is 0. The number of hydrogen-bond donors (Lipinski definition) is 1. The molecule has 150 valence electrons. The minimum Gasteiger partial charge on any atom is -0.465 e. The lowest BCUT2D eigenvalue weighted by molar-refractivity contribution is -0.147. The van der Waals surface area contributed by atoms with E-state index in [0.717, 1.165) is 36.1 Å². The van der Waals surface area contributed by atoms with E-state index >= 15 is 0 Å². The maximum Gasteiger partial charge on any atom is 0.341 e. The number of fused-ring (bicyclic) bond motifs is 3. The van der Waals surface area contributed by atoms with Crippen molar-refractivity contribution in [3.8, 4) is 0 Å². The fraction of sp³-hybridized carbons (Fsp3) is 0.619. The molecule has 7 heteroatoms. The van der Waals surface area contributed by atoms with Crippen molar-refractivity contribution < 1.29 is 23.9 Å². The number of ketones is 2. The molecule has 2 fully saturated rings. The molecule has 4 rings (SSSR count). The highest BCUT2D eigenvalue weighted by atomic mass is 32.1. The van der Waals surface area contributed by atoms with E-state index in [9.17, 15) is 19.2 Å². The first kappa shape index (κ1) is 19.3. The largest absolute Gasteiger partial charge is 0.465 e. The summed E-state index contributed by atoms with van der Waals surface area (Å²) in [5.41, 5.74) is -1.62. The number of ether oxygens (including phenoxy) is 1. The summed E-state index contributed by atoms with van der Waals surface area (Å²) in [6.07, 6.45) is 4.55. The molecule has 1 aromatic heterocycles. The molecule has 0 aromatic carbocycles. The van der Waals surface area contributed by atoms with Gasteiger partial charge in [0.25, 0.3) is 0 Å². The summed E-state index contributed by atoms with van der Waals surface area (Å²) in [6.45, 7) is 5.46. The van der Waals surface area contributed by atoms with Crippen molar-refractivity contribution in [2.24, 2.45) is 16.2 Å². The Bertz CT molecular complexity index is 929. The van der Waals surface area contributed by atoms with Crippen molar-refractivity contribution in [1.82, 2.24) is 0 Å². The topological polar surface area (TPSA) is 89.5 Å². The predicted octanol–water partition coefficient (Wildman–Crippen LogP) is 3.32. The van der Waals surface area contributed by atoms with Crippen LogP contribution < -0.4 is 5.32 Å². The highest BCUT2D eigenvalue weighted by molar-refractivity contribution is 7.17. The Labute approximate surface area is 168 Å². The normalized spacial score (nSPS) is 30.3. The second-order valence-corrected chi connectivity index (χ2v) is 9.99. The Morgan fingerprint density at radius 1 is 1.04 bits per heavy atom. The highest BCUT2D eigenvalue weighted by Gasteiger charge is 2.77. The molecule has 3 aliphatic rings. The van der Waals surface area contributed by atoms with E-state index in [-0.39, 0.29) is 0 Å². The van der Waals surface area contributed by atoms with Crippen LogP contribution in [0, 0.1) is 16.2 Å². The Kier molecular flexibility index (Phi) is 4.13. The van der Waals surface area contributed by atoms with Crippen LogP contribution in [0.2, 0.25) is 0 Å². The van der Waals surface area contributed by atoms with Crippen LogP contribution in [0.1, 0.15) is 67.3 Å². The van der Waals surface area contributed by atoms with E-state index in [1.165, 1.54) is 18.4 Å². The fourth-order valence-electron chi connectivity index (χ4n) is 5.45. The maximum atomic E-state index is 13.5. The van der Waals surface area contributed by atoms with Crippen LogP contribution in [0.25, 0.3) is 0 Å². The standard InChI is InChI=1S/C21H25NO5S/c1-19(2)20(3)9-10-21(19,15(24)14(20)23)18(26)22-16-13(17(25)27-4)11-7-5-6-8-12(11)28-16/h5-10H2,1-4H3,(H,22,26)/t20-,21+/m1/s1. The van der Waals surface area contributed by atoms with Crippen molar-refractivity contribution in [2.75, 3.05) is 12.4 Å². The predicted molar refractivity (Wildman–Crippen MR) is 104 cm³/mol. The number of aryl methyl sites for hydroxylation is 1. The van der Waals surface area contributed by atoms with Crippen LogP contribution in [-0.2, 0) is 32.0 Å². The van der Waals surface area contributed by atoms with Crippen molar-refractivity contribution in [1.29, 1.82) is 0 Å². The van der Waals surface area contributed by atoms with Crippen LogP contribution in [0.15, 0.2) is 0 Å². The molecule has 0 radical (unpaired) electrons. The summed E-state index contributed by atoms with van der Waals surface area (Å²) in [5, 5.41) is 3.31. The molecule has 6 nitrogen and oxygen atoms in total. The molecular weight excluding hydrogens is 378 g/mol. The van der Waals surface area contributed by atoms with Crippen LogP contribution in [0.3, 0.4) is 0 Å². The van der Waals surface area contributed by atoms with Gasteiger partial charge in [0.15, 0.2) is 0 Å². The van der Waals surface area contributed by atoms with Gasteiger partial charge in [0, 0.05) is 10.3 Å². The van der Waals surface area contributed by atoms with E-state index in [2.05, 4.69) is 5.32 Å². The molecular formula is C21H25NO5S. The molecule has 0 unspecified atom stereocenters. The van der Waals surface area contributed by atoms with Gasteiger partial charge in [0.05, 0.1) is 12.7 Å². The van der Waals surface area contributed by atoms with E-state index < -0.39 is 39.7 Å². The van der Waals surface area contributed by atoms with E-state index in [1.807, 2.05) is 13.8 Å². The number of esters is 1. The zero-order valence-corrected chi connectivity index (χ0v) is 17.5. The molecule has 1 amide bonds. The van der Waals surface area contributed by atoms with Gasteiger partial charge in [-0.05, 0) is 49.5 Å². The molecule has 2 saturated carbocycles. The molecule has 28 heavy (non-hydrogen) atoms. The van der Waals surface area contributed by atoms with Gasteiger partial charge in [-0.3, -0.25) is 14.4 Å². The lowest BCUT2D eigenvalue weighted by Gasteiger charge is -2.37. The number of amides is 1. The highest BCUT2D eigenvalue weighted by Crippen LogP contribution is 2.69. The number of thiophene rings is 1. The molecule has 3 aliphatic carbocycles. The molecule has 1 aromatic rings. The monoisotopic (exact) mass is 403 g/mol. The third kappa shape index (κ3) is 2.08. The lowest BCUT2D eigenvalue weighted by atomic mass is 9.64. The quantitative estimate of drug-likeness (QED) is 0.475. The number of methoxy groups -OCH3 is 1. The van der Waals surface area contributed by atoms with Crippen LogP contribution in [0.4, 0.5) is 5.00 Å². The molecule has 0 saturated heterocycles. The van der Waals surface area contributed by atoms with Crippen LogP contribution in [0.5, 0.6) is 0 Å². The Balaban J connectivity index is 1.76. The first-order chi connectivity index (χ1) is 13.1. The number of carbonyl (C=O) groups excluding carboxylic acids is 4. The van der Waals surface area contributed by atoms with Gasteiger partial charge in [-0.25, -0.2) is 4.79 Å². The number of rotatable bonds is 3. The van der Waals surface area contributed by atoms with Crippen molar-refractivity contribution in [3.63, 3.8) is 0 Å². The minimum absolute atomic E-state index is 0.353. The number of hydrogen-bond acceptors (Lipinski definition) is 6. The van der Waals surface area contributed by atoms with E-state index in [1.54, 1.807) is 6.92 Å². The van der Waals surface area contributed by atoms with Crippen LogP contribution >= 0.6 is 11.3 Å². The molecule has 1 heterocycles. The molecule has 0 aliphatic heterocycles. The molecule has 0 spiro atoms. The maximum absolute atomic E-state index is 13.5. The minimum atomic E-state index is -1.38. The zero-order chi connectivity index (χ0) is 20.5. The second-order valence-electron chi connectivity index (χ2n) is 8.88. The Morgan fingerprint density at radius 3 is 2.32 bits per heavy atom. The number of anilines is 1. The third-order valence-electron chi connectivity index (χ3n) is 7.72. The first-order valence-corrected chi connectivity index (χ1v) is 10.6. The fourth-order valence-corrected chi connectivity index (χ4v) is 6.73. The van der Waals surface area contributed by atoms with Crippen molar-refractivity contribution in [2.45, 2.75) is 59.3 Å². The van der Waals surface area contributed by atoms with Gasteiger partial charge in [-0.15, -0.1) is 11.3 Å². The van der Waals surface area contributed by atoms with Gasteiger partial charge < -0.3 is 10.1 Å². The first-order valence-electron chi connectivity index (χ1n) is 9.75. The number of nitrogens with one attached hydrogen (secondary N) is 1. The number of Topliss-reactive ketones (excluding diaryl/α,β-unsaturated/α-hetero) is 2. The van der Waals surface area contributed by atoms with Crippen molar-refractivity contribution in [3.05, 3.63) is 16.0 Å². The van der Waals surface area contributed by atoms with E-state index in [0.29, 0.717) is 23.4 Å². The van der Waals surface area contributed by atoms with Gasteiger partial charge in [0.1, 0.15) is 10.4 Å². The third-order valence-corrected chi connectivity index (χ3v) is 8.92. The molecule has 2 atom stereocenters. The molecule has 1 N–H and O–H groups in total. The van der Waals surface area contributed by atoms with Crippen molar-refractivity contribution >= 4 is 39.8 Å². The SMILES string of the molecule is COC(=O)c1c(NC(=O)[C@]23CC[C@](C)(C(=O)C2=O)C3(C)C)sc2c1CCCC2. The summed E-state index contributed by atoms with van der Waals surface area (Å²) < 4.78 is 4.96. The Hall–Kier alpha value is -2.02. The summed E-state index contributed by atoms with van der Waals surface area (Å²) >= 11 is 1.39. The average Bonchev–Trinajstić information content (AvgIpc) is 3.16. The lowest BCUT2D eigenvalue weighted by Crippen LogP contribution is -2.47. The summed E-state index contributed by atoms with van der Waals surface area (Å²) in [5.74, 6) is -1.99. The Morgan fingerprint density at radius 2 is 1.71 bits per heavy atom. The summed E-state index contributed by atoms with van der Waals surface area (Å²) in [7, 11) is 1.32. The van der Waals surface area contributed by atoms with E-state index in [4.69, 9.17) is 4.74 Å². The second kappa shape index (κ2) is 5.99. The van der Waals surface area contributed by atoms with Gasteiger partial charge in [0.2, 0.25) is 17.5 Å². The van der Waals surface area contributed by atoms with Gasteiger partial charge in [-0.2, -0.15) is 0 Å². The van der Waals surface area contributed by atoms with Gasteiger partial charge in [-0.1, -0.05) is 20.8 Å².